The molecule has 0 heterocycles. The third-order valence-electron chi connectivity index (χ3n) is 3.71. The van der Waals surface area contributed by atoms with E-state index in [9.17, 15) is 9.59 Å². The molecular weight excluding hydrogens is 306 g/mol. The molecule has 0 aliphatic heterocycles. The van der Waals surface area contributed by atoms with Gasteiger partial charge in [-0.25, -0.2) is 0 Å². The zero-order valence-electron chi connectivity index (χ0n) is 14.8. The molecule has 0 unspecified atom stereocenters. The number of amides is 1. The smallest absolute Gasteiger partial charge is 0.307 e. The zero-order chi connectivity index (χ0) is 17.6. The van der Waals surface area contributed by atoms with Gasteiger partial charge in [0.2, 0.25) is 0 Å². The molecule has 1 N–H and O–H groups in total. The fourth-order valence-electron chi connectivity index (χ4n) is 2.29. The molecule has 0 saturated carbocycles. The van der Waals surface area contributed by atoms with Crippen LogP contribution in [0.3, 0.4) is 0 Å². The number of carbonyl (C=O) groups excluding carboxylic acids is 2. The highest BCUT2D eigenvalue weighted by atomic mass is 16.5. The maximum atomic E-state index is 12.0. The number of benzene rings is 1. The predicted octanol–water partition coefficient (Wildman–Crippen LogP) is 3.72. The number of carbonyl (C=O) groups is 2. The van der Waals surface area contributed by atoms with Gasteiger partial charge in [0, 0.05) is 12.1 Å². The summed E-state index contributed by atoms with van der Waals surface area (Å²) in [6.45, 7) is 2.93. The van der Waals surface area contributed by atoms with Gasteiger partial charge < -0.3 is 14.8 Å². The summed E-state index contributed by atoms with van der Waals surface area (Å²) in [5, 5.41) is 2.71. The molecule has 0 aliphatic rings. The molecule has 0 radical (unpaired) electrons. The van der Waals surface area contributed by atoms with Crippen molar-refractivity contribution in [3.05, 3.63) is 29.8 Å². The van der Waals surface area contributed by atoms with Gasteiger partial charge in [-0.2, -0.15) is 0 Å². The SMILES string of the molecule is CCCCCCCCOC(=O)CCNC(=O)c1cccc(OC)c1. The number of nitrogens with one attached hydrogen (secondary N) is 1. The topological polar surface area (TPSA) is 64.6 Å². The van der Waals surface area contributed by atoms with Gasteiger partial charge in [-0.1, -0.05) is 45.1 Å². The Kier molecular flexibility index (Phi) is 10.3. The molecule has 0 spiro atoms. The van der Waals surface area contributed by atoms with Crippen LogP contribution in [0.25, 0.3) is 0 Å². The first-order valence-electron chi connectivity index (χ1n) is 8.75. The van der Waals surface area contributed by atoms with E-state index in [1.807, 2.05) is 0 Å². The van der Waals surface area contributed by atoms with Crippen LogP contribution in [0.4, 0.5) is 0 Å². The number of ether oxygens (including phenoxy) is 2. The normalized spacial score (nSPS) is 10.2. The van der Waals surface area contributed by atoms with Gasteiger partial charge >= 0.3 is 5.97 Å². The van der Waals surface area contributed by atoms with Crippen molar-refractivity contribution in [3.63, 3.8) is 0 Å². The monoisotopic (exact) mass is 335 g/mol. The van der Waals surface area contributed by atoms with Gasteiger partial charge in [-0.05, 0) is 24.6 Å². The minimum Gasteiger partial charge on any atom is -0.497 e. The molecule has 1 aromatic rings. The number of methoxy groups -OCH3 is 1. The molecule has 0 aromatic heterocycles. The first-order valence-corrected chi connectivity index (χ1v) is 8.75. The Morgan fingerprint density at radius 3 is 2.58 bits per heavy atom. The van der Waals surface area contributed by atoms with Crippen molar-refractivity contribution >= 4 is 11.9 Å². The fourth-order valence-corrected chi connectivity index (χ4v) is 2.29. The summed E-state index contributed by atoms with van der Waals surface area (Å²) in [6, 6.07) is 6.89. The first-order chi connectivity index (χ1) is 11.7. The van der Waals surface area contributed by atoms with E-state index in [2.05, 4.69) is 12.2 Å². The van der Waals surface area contributed by atoms with Gasteiger partial charge in [0.15, 0.2) is 0 Å². The summed E-state index contributed by atoms with van der Waals surface area (Å²) in [7, 11) is 1.55. The van der Waals surface area contributed by atoms with E-state index in [-0.39, 0.29) is 24.8 Å². The van der Waals surface area contributed by atoms with Crippen molar-refractivity contribution < 1.29 is 19.1 Å². The second-order valence-electron chi connectivity index (χ2n) is 5.73. The Morgan fingerprint density at radius 1 is 1.08 bits per heavy atom. The zero-order valence-corrected chi connectivity index (χ0v) is 14.8. The highest BCUT2D eigenvalue weighted by molar-refractivity contribution is 5.94. The molecular formula is C19H29NO4. The third-order valence-corrected chi connectivity index (χ3v) is 3.71. The van der Waals surface area contributed by atoms with E-state index in [1.54, 1.807) is 31.4 Å². The minimum absolute atomic E-state index is 0.186. The number of hydrogen-bond donors (Lipinski definition) is 1. The number of esters is 1. The van der Waals surface area contributed by atoms with Gasteiger partial charge in [-0.3, -0.25) is 9.59 Å². The van der Waals surface area contributed by atoms with Crippen LogP contribution in [0.2, 0.25) is 0 Å². The standard InChI is InChI=1S/C19H29NO4/c1-3-4-5-6-7-8-14-24-18(21)12-13-20-19(22)16-10-9-11-17(15-16)23-2/h9-11,15H,3-8,12-14H2,1-2H3,(H,20,22). The maximum Gasteiger partial charge on any atom is 0.307 e. The average Bonchev–Trinajstić information content (AvgIpc) is 2.61. The van der Waals surface area contributed by atoms with Gasteiger partial charge in [0.05, 0.1) is 20.1 Å². The van der Waals surface area contributed by atoms with E-state index >= 15 is 0 Å². The van der Waals surface area contributed by atoms with Crippen LogP contribution in [0.1, 0.15) is 62.2 Å². The summed E-state index contributed by atoms with van der Waals surface area (Å²) in [5.74, 6) is 0.133. The van der Waals surface area contributed by atoms with Crippen LogP contribution >= 0.6 is 0 Å². The molecule has 5 heteroatoms. The summed E-state index contributed by atoms with van der Waals surface area (Å²) < 4.78 is 10.2. The van der Waals surface area contributed by atoms with Crippen molar-refractivity contribution in [3.8, 4) is 5.75 Å². The number of rotatable bonds is 12. The van der Waals surface area contributed by atoms with E-state index in [0.717, 1.165) is 12.8 Å². The Morgan fingerprint density at radius 2 is 1.83 bits per heavy atom. The summed E-state index contributed by atoms with van der Waals surface area (Å²) in [6.07, 6.45) is 7.14. The molecule has 1 aromatic carbocycles. The quantitative estimate of drug-likeness (QED) is 0.467. The van der Waals surface area contributed by atoms with Crippen LogP contribution in [0, 0.1) is 0 Å². The number of hydrogen-bond acceptors (Lipinski definition) is 4. The second kappa shape index (κ2) is 12.4. The van der Waals surface area contributed by atoms with Crippen LogP contribution < -0.4 is 10.1 Å². The van der Waals surface area contributed by atoms with Crippen LogP contribution in [-0.2, 0) is 9.53 Å². The van der Waals surface area contributed by atoms with Crippen molar-refractivity contribution in [1.82, 2.24) is 5.32 Å². The maximum absolute atomic E-state index is 12.0. The predicted molar refractivity (Wildman–Crippen MR) is 94.3 cm³/mol. The highest BCUT2D eigenvalue weighted by Gasteiger charge is 2.08. The largest absolute Gasteiger partial charge is 0.497 e. The molecule has 0 atom stereocenters. The lowest BCUT2D eigenvalue weighted by Gasteiger charge is -2.07. The molecule has 134 valence electrons. The van der Waals surface area contributed by atoms with Gasteiger partial charge in [-0.15, -0.1) is 0 Å². The van der Waals surface area contributed by atoms with Crippen LogP contribution in [0.15, 0.2) is 24.3 Å². The molecule has 1 rings (SSSR count). The third kappa shape index (κ3) is 8.56. The lowest BCUT2D eigenvalue weighted by atomic mass is 10.1. The van der Waals surface area contributed by atoms with Crippen LogP contribution in [-0.4, -0.2) is 32.1 Å². The highest BCUT2D eigenvalue weighted by Crippen LogP contribution is 2.12. The summed E-state index contributed by atoms with van der Waals surface area (Å²) in [4.78, 5) is 23.6. The van der Waals surface area contributed by atoms with Crippen molar-refractivity contribution in [2.24, 2.45) is 0 Å². The molecule has 0 bridgehead atoms. The van der Waals surface area contributed by atoms with Crippen molar-refractivity contribution in [1.29, 1.82) is 0 Å². The van der Waals surface area contributed by atoms with E-state index < -0.39 is 0 Å². The summed E-state index contributed by atoms with van der Waals surface area (Å²) >= 11 is 0. The van der Waals surface area contributed by atoms with Gasteiger partial charge in [0.1, 0.15) is 5.75 Å². The fraction of sp³-hybridized carbons (Fsp3) is 0.579. The Balaban J connectivity index is 2.11. The minimum atomic E-state index is -0.269. The second-order valence-corrected chi connectivity index (χ2v) is 5.73. The van der Waals surface area contributed by atoms with E-state index in [4.69, 9.17) is 9.47 Å². The lowest BCUT2D eigenvalue weighted by molar-refractivity contribution is -0.143. The first kappa shape index (κ1) is 20.0. The molecule has 1 amide bonds. The molecule has 5 nitrogen and oxygen atoms in total. The molecule has 24 heavy (non-hydrogen) atoms. The Hall–Kier alpha value is -2.04. The van der Waals surface area contributed by atoms with Crippen LogP contribution in [0.5, 0.6) is 5.75 Å². The lowest BCUT2D eigenvalue weighted by Crippen LogP contribution is -2.26. The average molecular weight is 335 g/mol. The Labute approximate surface area is 144 Å². The van der Waals surface area contributed by atoms with Crippen molar-refractivity contribution in [2.75, 3.05) is 20.3 Å². The molecule has 0 fully saturated rings. The number of unbranched alkanes of at least 4 members (excludes halogenated alkanes) is 5. The van der Waals surface area contributed by atoms with E-state index in [0.29, 0.717) is 17.9 Å². The Bertz CT molecular complexity index is 502. The molecule has 0 saturated heterocycles. The van der Waals surface area contributed by atoms with Crippen molar-refractivity contribution in [2.45, 2.75) is 51.9 Å². The van der Waals surface area contributed by atoms with Gasteiger partial charge in [0.25, 0.3) is 5.91 Å². The summed E-state index contributed by atoms with van der Waals surface area (Å²) in [5.41, 5.74) is 0.509. The molecule has 0 aliphatic carbocycles. The van der Waals surface area contributed by atoms with E-state index in [1.165, 1.54) is 25.7 Å².